The maximum Gasteiger partial charge on any atom is 0.147 e. The first-order chi connectivity index (χ1) is 9.54. The first-order valence-corrected chi connectivity index (χ1v) is 6.81. The smallest absolute Gasteiger partial charge is 0.147 e. The van der Waals surface area contributed by atoms with Crippen molar-refractivity contribution < 1.29 is 9.59 Å². The Labute approximate surface area is 119 Å². The van der Waals surface area contributed by atoms with Crippen LogP contribution in [0.3, 0.4) is 0 Å². The number of Topliss-reactive ketones (excluding diaryl/α,β-unsaturated/α-hetero) is 2. The van der Waals surface area contributed by atoms with Gasteiger partial charge in [-0.05, 0) is 31.1 Å². The van der Waals surface area contributed by atoms with Crippen molar-refractivity contribution >= 4 is 17.1 Å². The van der Waals surface area contributed by atoms with E-state index in [0.29, 0.717) is 19.3 Å². The molecule has 0 aliphatic heterocycles. The molecule has 1 aliphatic carbocycles. The van der Waals surface area contributed by atoms with Gasteiger partial charge in [0, 0.05) is 19.3 Å². The van der Waals surface area contributed by atoms with Gasteiger partial charge in [0.2, 0.25) is 0 Å². The van der Waals surface area contributed by atoms with Crippen molar-refractivity contribution in [3.8, 4) is 11.8 Å². The molecule has 0 saturated heterocycles. The summed E-state index contributed by atoms with van der Waals surface area (Å²) >= 11 is 0. The Morgan fingerprint density at radius 1 is 1.20 bits per heavy atom. The molecule has 0 spiro atoms. The van der Waals surface area contributed by atoms with E-state index in [1.807, 2.05) is 43.3 Å². The van der Waals surface area contributed by atoms with Crippen LogP contribution >= 0.6 is 0 Å². The van der Waals surface area contributed by atoms with Gasteiger partial charge < -0.3 is 0 Å². The summed E-state index contributed by atoms with van der Waals surface area (Å²) in [7, 11) is 0. The molecule has 1 aromatic rings. The highest BCUT2D eigenvalue weighted by molar-refractivity contribution is 6.12. The number of carbonyl (C=O) groups is 2. The molecular weight excluding hydrogens is 248 g/mol. The van der Waals surface area contributed by atoms with E-state index in [0.717, 1.165) is 11.1 Å². The van der Waals surface area contributed by atoms with Gasteiger partial charge in [-0.1, -0.05) is 42.2 Å². The van der Waals surface area contributed by atoms with Crippen LogP contribution in [0.4, 0.5) is 0 Å². The molecule has 2 heteroatoms. The quantitative estimate of drug-likeness (QED) is 0.607. The molecule has 0 N–H and O–H groups in total. The molecule has 0 bridgehead atoms. The second-order valence-electron chi connectivity index (χ2n) is 5.37. The minimum atomic E-state index is -0.874. The lowest BCUT2D eigenvalue weighted by atomic mass is 9.83. The number of ketones is 2. The van der Waals surface area contributed by atoms with Gasteiger partial charge in [-0.2, -0.15) is 0 Å². The van der Waals surface area contributed by atoms with E-state index in [-0.39, 0.29) is 11.6 Å². The number of hydrogen-bond acceptors (Lipinski definition) is 2. The van der Waals surface area contributed by atoms with Crippen LogP contribution in [0.1, 0.15) is 38.7 Å². The standard InChI is InChI=1S/C18H18O2/c1-14(15-9-4-3-5-10-15)8-6-7-13-18(2)16(19)11-12-17(18)20/h3-5,8-10H,11-13H2,1-2H3/b14-8+. The molecule has 1 aromatic carbocycles. The zero-order chi connectivity index (χ0) is 14.6. The van der Waals surface area contributed by atoms with Crippen LogP contribution in [0.2, 0.25) is 0 Å². The van der Waals surface area contributed by atoms with Gasteiger partial charge in [0.05, 0.1) is 5.41 Å². The number of benzene rings is 1. The highest BCUT2D eigenvalue weighted by Crippen LogP contribution is 2.33. The Kier molecular flexibility index (Phi) is 4.20. The topological polar surface area (TPSA) is 34.1 Å². The Bertz CT molecular complexity index is 596. The Balaban J connectivity index is 2.06. The predicted octanol–water partition coefficient (Wildman–Crippen LogP) is 3.42. The van der Waals surface area contributed by atoms with Crippen LogP contribution in [0.25, 0.3) is 5.57 Å². The summed E-state index contributed by atoms with van der Waals surface area (Å²) < 4.78 is 0. The fourth-order valence-corrected chi connectivity index (χ4v) is 2.30. The summed E-state index contributed by atoms with van der Waals surface area (Å²) in [5.74, 6) is 5.98. The van der Waals surface area contributed by atoms with Crippen molar-refractivity contribution in [3.05, 3.63) is 42.0 Å². The molecule has 102 valence electrons. The number of allylic oxidation sites excluding steroid dienone is 2. The van der Waals surface area contributed by atoms with Gasteiger partial charge >= 0.3 is 0 Å². The van der Waals surface area contributed by atoms with Crippen LogP contribution in [0.15, 0.2) is 36.4 Å². The lowest BCUT2D eigenvalue weighted by Crippen LogP contribution is -2.28. The van der Waals surface area contributed by atoms with Gasteiger partial charge in [0.1, 0.15) is 11.6 Å². The largest absolute Gasteiger partial charge is 0.299 e. The van der Waals surface area contributed by atoms with Crippen molar-refractivity contribution in [2.75, 3.05) is 0 Å². The molecule has 1 fully saturated rings. The molecule has 0 heterocycles. The Morgan fingerprint density at radius 3 is 2.40 bits per heavy atom. The summed E-state index contributed by atoms with van der Waals surface area (Å²) in [6.07, 6.45) is 2.90. The highest BCUT2D eigenvalue weighted by atomic mass is 16.2. The van der Waals surface area contributed by atoms with Crippen LogP contribution < -0.4 is 0 Å². The van der Waals surface area contributed by atoms with Crippen molar-refractivity contribution in [2.45, 2.75) is 33.1 Å². The van der Waals surface area contributed by atoms with Crippen LogP contribution in [-0.2, 0) is 9.59 Å². The zero-order valence-electron chi connectivity index (χ0n) is 11.9. The Hall–Kier alpha value is -2.14. The predicted molar refractivity (Wildman–Crippen MR) is 79.8 cm³/mol. The fourth-order valence-electron chi connectivity index (χ4n) is 2.30. The minimum Gasteiger partial charge on any atom is -0.299 e. The zero-order valence-corrected chi connectivity index (χ0v) is 11.9. The van der Waals surface area contributed by atoms with E-state index in [2.05, 4.69) is 11.8 Å². The van der Waals surface area contributed by atoms with Gasteiger partial charge in [-0.25, -0.2) is 0 Å². The average Bonchev–Trinajstić information content (AvgIpc) is 2.72. The summed E-state index contributed by atoms with van der Waals surface area (Å²) in [5, 5.41) is 0. The van der Waals surface area contributed by atoms with Gasteiger partial charge in [0.25, 0.3) is 0 Å². The SMILES string of the molecule is C/C(=C\C#CCC1(C)C(=O)CCC1=O)c1ccccc1. The molecule has 2 rings (SSSR count). The summed E-state index contributed by atoms with van der Waals surface area (Å²) in [5.41, 5.74) is 1.33. The monoisotopic (exact) mass is 266 g/mol. The molecule has 1 saturated carbocycles. The van der Waals surface area contributed by atoms with Crippen LogP contribution in [0.5, 0.6) is 0 Å². The van der Waals surface area contributed by atoms with Crippen LogP contribution in [-0.4, -0.2) is 11.6 Å². The summed E-state index contributed by atoms with van der Waals surface area (Å²) in [6, 6.07) is 9.99. The molecule has 0 unspecified atom stereocenters. The highest BCUT2D eigenvalue weighted by Gasteiger charge is 2.44. The molecular formula is C18H18O2. The van der Waals surface area contributed by atoms with E-state index in [1.54, 1.807) is 6.92 Å². The molecule has 0 radical (unpaired) electrons. The molecule has 0 atom stereocenters. The Morgan fingerprint density at radius 2 is 1.80 bits per heavy atom. The maximum atomic E-state index is 11.8. The maximum absolute atomic E-state index is 11.8. The van der Waals surface area contributed by atoms with Gasteiger partial charge in [0.15, 0.2) is 0 Å². The van der Waals surface area contributed by atoms with E-state index in [9.17, 15) is 9.59 Å². The van der Waals surface area contributed by atoms with Crippen molar-refractivity contribution in [1.82, 2.24) is 0 Å². The number of carbonyl (C=O) groups excluding carboxylic acids is 2. The molecule has 2 nitrogen and oxygen atoms in total. The number of rotatable bonds is 2. The first kappa shape index (κ1) is 14.3. The first-order valence-electron chi connectivity index (χ1n) is 6.81. The van der Waals surface area contributed by atoms with Gasteiger partial charge in [-0.3, -0.25) is 9.59 Å². The van der Waals surface area contributed by atoms with E-state index >= 15 is 0 Å². The molecule has 0 amide bonds. The van der Waals surface area contributed by atoms with E-state index < -0.39 is 5.41 Å². The molecule has 1 aliphatic rings. The number of hydrogen-bond donors (Lipinski definition) is 0. The van der Waals surface area contributed by atoms with E-state index in [1.165, 1.54) is 0 Å². The van der Waals surface area contributed by atoms with Crippen molar-refractivity contribution in [1.29, 1.82) is 0 Å². The molecule has 20 heavy (non-hydrogen) atoms. The second-order valence-corrected chi connectivity index (χ2v) is 5.37. The third-order valence-corrected chi connectivity index (χ3v) is 3.87. The normalized spacial score (nSPS) is 17.8. The van der Waals surface area contributed by atoms with Crippen molar-refractivity contribution in [2.24, 2.45) is 5.41 Å². The van der Waals surface area contributed by atoms with Crippen molar-refractivity contribution in [3.63, 3.8) is 0 Å². The third-order valence-electron chi connectivity index (χ3n) is 3.87. The van der Waals surface area contributed by atoms with Gasteiger partial charge in [-0.15, -0.1) is 0 Å². The summed E-state index contributed by atoms with van der Waals surface area (Å²) in [4.78, 5) is 23.5. The second kappa shape index (κ2) is 5.88. The average molecular weight is 266 g/mol. The van der Waals surface area contributed by atoms with Crippen LogP contribution in [0, 0.1) is 17.3 Å². The summed E-state index contributed by atoms with van der Waals surface area (Å²) in [6.45, 7) is 3.71. The van der Waals surface area contributed by atoms with E-state index in [4.69, 9.17) is 0 Å². The lowest BCUT2D eigenvalue weighted by molar-refractivity contribution is -0.133. The third kappa shape index (κ3) is 2.88. The lowest BCUT2D eigenvalue weighted by Gasteiger charge is -2.15. The minimum absolute atomic E-state index is 0.0283. The fraction of sp³-hybridized carbons (Fsp3) is 0.333. The molecule has 0 aromatic heterocycles.